The van der Waals surface area contributed by atoms with Crippen LogP contribution in [0.25, 0.3) is 0 Å². The molecule has 0 unspecified atom stereocenters. The van der Waals surface area contributed by atoms with Crippen molar-refractivity contribution < 1.29 is 9.53 Å². The molecule has 3 nitrogen and oxygen atoms in total. The summed E-state index contributed by atoms with van der Waals surface area (Å²) in [4.78, 5) is 11.7. The highest BCUT2D eigenvalue weighted by Crippen LogP contribution is 2.52. The van der Waals surface area contributed by atoms with Crippen molar-refractivity contribution in [2.75, 3.05) is 6.54 Å². The van der Waals surface area contributed by atoms with Crippen molar-refractivity contribution in [3.05, 3.63) is 0 Å². The maximum atomic E-state index is 11.7. The average molecular weight is 185 g/mol. The third-order valence-corrected chi connectivity index (χ3v) is 2.62. The van der Waals surface area contributed by atoms with Crippen molar-refractivity contribution in [3.8, 4) is 0 Å². The van der Waals surface area contributed by atoms with Gasteiger partial charge < -0.3 is 10.5 Å². The maximum absolute atomic E-state index is 11.7. The fraction of sp³-hybridized carbons (Fsp3) is 0.900. The summed E-state index contributed by atoms with van der Waals surface area (Å²) in [7, 11) is 0. The van der Waals surface area contributed by atoms with E-state index in [-0.39, 0.29) is 11.4 Å². The number of carbonyl (C=O) groups excluding carboxylic acids is 1. The summed E-state index contributed by atoms with van der Waals surface area (Å²) in [5, 5.41) is 0. The molecule has 0 radical (unpaired) electrons. The number of rotatable bonds is 2. The zero-order valence-electron chi connectivity index (χ0n) is 8.89. The van der Waals surface area contributed by atoms with Gasteiger partial charge in [0, 0.05) is 6.54 Å². The minimum atomic E-state index is -0.401. The third kappa shape index (κ3) is 2.02. The molecule has 1 rings (SSSR count). The van der Waals surface area contributed by atoms with E-state index in [4.69, 9.17) is 10.5 Å². The molecule has 0 aromatic rings. The number of hydrogen-bond donors (Lipinski definition) is 1. The van der Waals surface area contributed by atoms with Crippen molar-refractivity contribution in [2.45, 2.75) is 39.7 Å². The van der Waals surface area contributed by atoms with Crippen LogP contribution in [0.4, 0.5) is 0 Å². The molecule has 3 heteroatoms. The van der Waals surface area contributed by atoms with E-state index >= 15 is 0 Å². The Morgan fingerprint density at radius 3 is 2.31 bits per heavy atom. The van der Waals surface area contributed by atoms with Gasteiger partial charge in [-0.05, 0) is 33.1 Å². The average Bonchev–Trinajstić information content (AvgIpc) is 2.59. The summed E-state index contributed by atoms with van der Waals surface area (Å²) >= 11 is 0. The van der Waals surface area contributed by atoms with Gasteiger partial charge in [-0.1, -0.05) is 6.92 Å². The first-order chi connectivity index (χ1) is 5.82. The van der Waals surface area contributed by atoms with Crippen LogP contribution in [0.5, 0.6) is 0 Å². The van der Waals surface area contributed by atoms with Gasteiger partial charge >= 0.3 is 5.97 Å². The summed E-state index contributed by atoms with van der Waals surface area (Å²) < 4.78 is 5.31. The van der Waals surface area contributed by atoms with Crippen molar-refractivity contribution in [1.29, 1.82) is 0 Å². The number of ether oxygens (including phenoxy) is 1. The van der Waals surface area contributed by atoms with Crippen molar-refractivity contribution in [1.82, 2.24) is 0 Å². The van der Waals surface area contributed by atoms with Crippen molar-refractivity contribution >= 4 is 5.97 Å². The van der Waals surface area contributed by atoms with E-state index in [0.29, 0.717) is 12.5 Å². The molecular formula is C10H19NO2. The fourth-order valence-corrected chi connectivity index (χ4v) is 1.52. The molecule has 0 aliphatic heterocycles. The molecule has 0 bridgehead atoms. The highest BCUT2D eigenvalue weighted by atomic mass is 16.6. The fourth-order valence-electron chi connectivity index (χ4n) is 1.52. The summed E-state index contributed by atoms with van der Waals surface area (Å²) in [6.45, 7) is 8.08. The summed E-state index contributed by atoms with van der Waals surface area (Å²) in [6, 6.07) is 0. The quantitative estimate of drug-likeness (QED) is 0.660. The van der Waals surface area contributed by atoms with Gasteiger partial charge in [0.1, 0.15) is 5.60 Å². The smallest absolute Gasteiger partial charge is 0.314 e. The lowest BCUT2D eigenvalue weighted by Crippen LogP contribution is -2.34. The summed E-state index contributed by atoms with van der Waals surface area (Å²) in [5.74, 6) is 0.252. The lowest BCUT2D eigenvalue weighted by molar-refractivity contribution is -0.161. The highest BCUT2D eigenvalue weighted by molar-refractivity contribution is 5.81. The van der Waals surface area contributed by atoms with Gasteiger partial charge in [-0.25, -0.2) is 0 Å². The Morgan fingerprint density at radius 1 is 1.62 bits per heavy atom. The molecule has 1 aliphatic rings. The second kappa shape index (κ2) is 2.98. The minimum absolute atomic E-state index is 0.130. The van der Waals surface area contributed by atoms with Crippen LogP contribution in [-0.2, 0) is 9.53 Å². The van der Waals surface area contributed by atoms with Crippen LogP contribution in [0.2, 0.25) is 0 Å². The molecule has 2 N–H and O–H groups in total. The van der Waals surface area contributed by atoms with E-state index in [2.05, 4.69) is 0 Å². The van der Waals surface area contributed by atoms with Crippen molar-refractivity contribution in [3.63, 3.8) is 0 Å². The maximum Gasteiger partial charge on any atom is 0.314 e. The molecule has 1 aliphatic carbocycles. The zero-order chi connectivity index (χ0) is 10.3. The molecular weight excluding hydrogens is 166 g/mol. The Hall–Kier alpha value is -0.570. The standard InChI is InChI=1S/C10H19NO2/c1-7-5-10(7,6-11)8(12)13-9(2,3)4/h7H,5-6,11H2,1-4H3/t7-,10+/m1/s1. The lowest BCUT2D eigenvalue weighted by atomic mass is 10.0. The predicted molar refractivity (Wildman–Crippen MR) is 51.1 cm³/mol. The van der Waals surface area contributed by atoms with Gasteiger partial charge in [-0.15, -0.1) is 0 Å². The molecule has 0 saturated heterocycles. The van der Waals surface area contributed by atoms with E-state index < -0.39 is 5.60 Å². The molecule has 1 fully saturated rings. The molecule has 0 aromatic heterocycles. The van der Waals surface area contributed by atoms with Gasteiger partial charge in [0.15, 0.2) is 0 Å². The van der Waals surface area contributed by atoms with Gasteiger partial charge in [-0.3, -0.25) is 4.79 Å². The van der Waals surface area contributed by atoms with Gasteiger partial charge in [-0.2, -0.15) is 0 Å². The van der Waals surface area contributed by atoms with E-state index in [0.717, 1.165) is 6.42 Å². The van der Waals surface area contributed by atoms with Crippen LogP contribution < -0.4 is 5.73 Å². The Labute approximate surface area is 79.6 Å². The van der Waals surface area contributed by atoms with Crippen LogP contribution in [-0.4, -0.2) is 18.1 Å². The van der Waals surface area contributed by atoms with Crippen LogP contribution in [0.3, 0.4) is 0 Å². The van der Waals surface area contributed by atoms with Crippen LogP contribution in [0.1, 0.15) is 34.1 Å². The van der Waals surface area contributed by atoms with E-state index in [9.17, 15) is 4.79 Å². The Kier molecular flexibility index (Phi) is 2.41. The first-order valence-corrected chi connectivity index (χ1v) is 4.75. The zero-order valence-corrected chi connectivity index (χ0v) is 8.89. The van der Waals surface area contributed by atoms with Gasteiger partial charge in [0.2, 0.25) is 0 Å². The second-order valence-electron chi connectivity index (χ2n) is 4.97. The number of nitrogens with two attached hydrogens (primary N) is 1. The molecule has 2 atom stereocenters. The molecule has 1 saturated carbocycles. The SMILES string of the molecule is C[C@@H]1C[C@@]1(CN)C(=O)OC(C)(C)C. The monoisotopic (exact) mass is 185 g/mol. The molecule has 0 heterocycles. The number of esters is 1. The normalized spacial score (nSPS) is 32.8. The van der Waals surface area contributed by atoms with Gasteiger partial charge in [0.05, 0.1) is 5.41 Å². The van der Waals surface area contributed by atoms with Crippen LogP contribution in [0, 0.1) is 11.3 Å². The number of hydrogen-bond acceptors (Lipinski definition) is 3. The van der Waals surface area contributed by atoms with Crippen LogP contribution in [0.15, 0.2) is 0 Å². The number of carbonyl (C=O) groups is 1. The molecule has 13 heavy (non-hydrogen) atoms. The Morgan fingerprint density at radius 2 is 2.08 bits per heavy atom. The topological polar surface area (TPSA) is 52.3 Å². The largest absolute Gasteiger partial charge is 0.459 e. The molecule has 0 spiro atoms. The molecule has 0 amide bonds. The summed E-state index contributed by atoms with van der Waals surface area (Å²) in [6.07, 6.45) is 0.873. The highest BCUT2D eigenvalue weighted by Gasteiger charge is 2.58. The molecule has 0 aromatic carbocycles. The Balaban J connectivity index is 2.59. The van der Waals surface area contributed by atoms with Crippen LogP contribution >= 0.6 is 0 Å². The second-order valence-corrected chi connectivity index (χ2v) is 4.97. The molecule has 76 valence electrons. The van der Waals surface area contributed by atoms with Crippen molar-refractivity contribution in [2.24, 2.45) is 17.1 Å². The van der Waals surface area contributed by atoms with E-state index in [1.54, 1.807) is 0 Å². The van der Waals surface area contributed by atoms with Gasteiger partial charge in [0.25, 0.3) is 0 Å². The third-order valence-electron chi connectivity index (χ3n) is 2.62. The Bertz CT molecular complexity index is 215. The first-order valence-electron chi connectivity index (χ1n) is 4.75. The first kappa shape index (κ1) is 10.5. The van der Waals surface area contributed by atoms with E-state index in [1.165, 1.54) is 0 Å². The summed E-state index contributed by atoms with van der Waals surface area (Å²) in [5.41, 5.74) is 4.81. The van der Waals surface area contributed by atoms with E-state index in [1.807, 2.05) is 27.7 Å². The predicted octanol–water partition coefficient (Wildman–Crippen LogP) is 1.31. The lowest BCUT2D eigenvalue weighted by Gasteiger charge is -2.23. The minimum Gasteiger partial charge on any atom is -0.459 e.